The standard InChI is InChI=1S/C20H25N5O8/c1-9(26)32-8-14-11(4-15(27)28)12(5-16(29)30)18(33-14)25-17-13(6-22-19(21)23-17)24(20(25)31)7-10-2-3-10/h6,10-12,14,18H,2-5,7-8H2,1H3,(H,27,28)(H,29,30)(H2,21,22,23)/t11-,12+,14-,18+/m0/s1. The normalized spacial score (nSPS) is 24.8. The fraction of sp³-hybridized carbons (Fsp3) is 0.600. The number of imidazole rings is 1. The molecule has 178 valence electrons. The Bertz CT molecular complexity index is 1150. The maximum absolute atomic E-state index is 13.5. The summed E-state index contributed by atoms with van der Waals surface area (Å²) in [5.41, 5.74) is 5.90. The molecule has 4 rings (SSSR count). The van der Waals surface area contributed by atoms with Crippen molar-refractivity contribution in [2.45, 2.75) is 51.5 Å². The van der Waals surface area contributed by atoms with Gasteiger partial charge in [0.1, 0.15) is 18.4 Å². The molecule has 0 spiro atoms. The second kappa shape index (κ2) is 8.81. The van der Waals surface area contributed by atoms with Gasteiger partial charge in [0.2, 0.25) is 5.95 Å². The second-order valence-corrected chi connectivity index (χ2v) is 8.53. The molecule has 1 aliphatic heterocycles. The number of carbonyl (C=O) groups excluding carboxylic acids is 1. The van der Waals surface area contributed by atoms with Crippen LogP contribution in [-0.2, 0) is 30.4 Å². The Hall–Kier alpha value is -3.48. The molecular weight excluding hydrogens is 438 g/mol. The summed E-state index contributed by atoms with van der Waals surface area (Å²) < 4.78 is 13.8. The highest BCUT2D eigenvalue weighted by molar-refractivity contribution is 5.72. The summed E-state index contributed by atoms with van der Waals surface area (Å²) in [4.78, 5) is 56.2. The van der Waals surface area contributed by atoms with Crippen molar-refractivity contribution in [3.8, 4) is 0 Å². The predicted octanol–water partition coefficient (Wildman–Crippen LogP) is 0.228. The van der Waals surface area contributed by atoms with Crippen LogP contribution >= 0.6 is 0 Å². The number of fused-ring (bicyclic) bond motifs is 1. The summed E-state index contributed by atoms with van der Waals surface area (Å²) in [6, 6.07) is 0. The molecule has 4 N–H and O–H groups in total. The molecule has 2 aromatic rings. The van der Waals surface area contributed by atoms with Gasteiger partial charge < -0.3 is 25.4 Å². The average molecular weight is 463 g/mol. The Morgan fingerprint density at radius 3 is 2.48 bits per heavy atom. The lowest BCUT2D eigenvalue weighted by atomic mass is 9.84. The zero-order chi connectivity index (χ0) is 23.9. The number of carbonyl (C=O) groups is 3. The SMILES string of the molecule is CC(=O)OC[C@@H]1O[C@@H](n2c(=O)n(CC3CC3)c3cnc(N)nc32)[C@H](CC(=O)O)[C@@H]1CC(=O)O. The maximum Gasteiger partial charge on any atom is 0.332 e. The Kier molecular flexibility index (Phi) is 6.06. The zero-order valence-corrected chi connectivity index (χ0v) is 17.9. The molecule has 0 aromatic carbocycles. The number of anilines is 1. The van der Waals surface area contributed by atoms with Gasteiger partial charge >= 0.3 is 23.6 Å². The van der Waals surface area contributed by atoms with E-state index in [1.54, 1.807) is 0 Å². The van der Waals surface area contributed by atoms with Crippen molar-refractivity contribution in [1.29, 1.82) is 0 Å². The molecule has 0 bridgehead atoms. The number of aromatic nitrogens is 4. The Morgan fingerprint density at radius 2 is 1.88 bits per heavy atom. The summed E-state index contributed by atoms with van der Waals surface area (Å²) in [5, 5.41) is 19.0. The van der Waals surface area contributed by atoms with E-state index in [1.807, 2.05) is 0 Å². The second-order valence-electron chi connectivity index (χ2n) is 8.53. The molecule has 2 aliphatic rings. The highest BCUT2D eigenvalue weighted by atomic mass is 16.6. The van der Waals surface area contributed by atoms with E-state index < -0.39 is 60.6 Å². The van der Waals surface area contributed by atoms with E-state index in [4.69, 9.17) is 15.2 Å². The maximum atomic E-state index is 13.5. The van der Waals surface area contributed by atoms with Gasteiger partial charge in [-0.2, -0.15) is 4.98 Å². The van der Waals surface area contributed by atoms with E-state index in [0.29, 0.717) is 18.0 Å². The molecule has 1 saturated carbocycles. The number of ether oxygens (including phenoxy) is 2. The zero-order valence-electron chi connectivity index (χ0n) is 17.9. The third-order valence-electron chi connectivity index (χ3n) is 6.10. The first-order chi connectivity index (χ1) is 15.7. The quantitative estimate of drug-likeness (QED) is 0.432. The van der Waals surface area contributed by atoms with Crippen LogP contribution in [0.3, 0.4) is 0 Å². The smallest absolute Gasteiger partial charge is 0.332 e. The first-order valence-corrected chi connectivity index (χ1v) is 10.6. The molecule has 1 saturated heterocycles. The number of carboxylic acids is 2. The van der Waals surface area contributed by atoms with Gasteiger partial charge in [-0.15, -0.1) is 0 Å². The number of nitrogen functional groups attached to an aromatic ring is 1. The minimum atomic E-state index is -1.18. The number of hydrogen-bond donors (Lipinski definition) is 3. The van der Waals surface area contributed by atoms with Crippen LogP contribution in [0.15, 0.2) is 11.0 Å². The van der Waals surface area contributed by atoms with Crippen molar-refractivity contribution in [2.75, 3.05) is 12.3 Å². The molecule has 4 atom stereocenters. The van der Waals surface area contributed by atoms with E-state index >= 15 is 0 Å². The van der Waals surface area contributed by atoms with Gasteiger partial charge in [-0.1, -0.05) is 0 Å². The fourth-order valence-electron chi connectivity index (χ4n) is 4.46. The predicted molar refractivity (Wildman–Crippen MR) is 111 cm³/mol. The van der Waals surface area contributed by atoms with Gasteiger partial charge in [0, 0.05) is 25.3 Å². The minimum Gasteiger partial charge on any atom is -0.481 e. The van der Waals surface area contributed by atoms with Crippen LogP contribution < -0.4 is 11.4 Å². The van der Waals surface area contributed by atoms with E-state index in [1.165, 1.54) is 22.3 Å². The first-order valence-electron chi connectivity index (χ1n) is 10.6. The molecule has 0 amide bonds. The molecule has 3 heterocycles. The summed E-state index contributed by atoms with van der Waals surface area (Å²) in [5.74, 6) is -4.39. The van der Waals surface area contributed by atoms with E-state index in [9.17, 15) is 29.4 Å². The highest BCUT2D eigenvalue weighted by Crippen LogP contribution is 2.44. The van der Waals surface area contributed by atoms with Crippen molar-refractivity contribution >= 4 is 35.0 Å². The summed E-state index contributed by atoms with van der Waals surface area (Å²) in [6.45, 7) is 1.37. The largest absolute Gasteiger partial charge is 0.481 e. The molecule has 33 heavy (non-hydrogen) atoms. The van der Waals surface area contributed by atoms with Gasteiger partial charge in [-0.3, -0.25) is 19.0 Å². The van der Waals surface area contributed by atoms with Gasteiger partial charge in [0.05, 0.1) is 25.1 Å². The Morgan fingerprint density at radius 1 is 1.21 bits per heavy atom. The molecule has 2 fully saturated rings. The molecule has 1 aliphatic carbocycles. The molecule has 0 unspecified atom stereocenters. The monoisotopic (exact) mass is 463 g/mol. The van der Waals surface area contributed by atoms with E-state index in [2.05, 4.69) is 9.97 Å². The first kappa shape index (κ1) is 22.7. The average Bonchev–Trinajstić information content (AvgIpc) is 3.44. The number of carboxylic acid groups (broad SMARTS) is 2. The molecule has 13 heteroatoms. The molecule has 2 aromatic heterocycles. The van der Waals surface area contributed by atoms with Crippen LogP contribution in [-0.4, -0.2) is 59.9 Å². The van der Waals surface area contributed by atoms with E-state index in [0.717, 1.165) is 12.8 Å². The van der Waals surface area contributed by atoms with Crippen molar-refractivity contribution < 1.29 is 34.1 Å². The summed E-state index contributed by atoms with van der Waals surface area (Å²) in [6.07, 6.45) is 0.463. The molecular formula is C20H25N5O8. The van der Waals surface area contributed by atoms with Crippen molar-refractivity contribution in [3.63, 3.8) is 0 Å². The van der Waals surface area contributed by atoms with Gasteiger partial charge in [0.15, 0.2) is 5.65 Å². The Labute approximate surface area is 187 Å². The lowest BCUT2D eigenvalue weighted by molar-refractivity contribution is -0.147. The number of rotatable bonds is 9. The van der Waals surface area contributed by atoms with Crippen molar-refractivity contribution in [3.05, 3.63) is 16.7 Å². The van der Waals surface area contributed by atoms with Crippen molar-refractivity contribution in [1.82, 2.24) is 19.1 Å². The number of esters is 1. The highest BCUT2D eigenvalue weighted by Gasteiger charge is 2.49. The van der Waals surface area contributed by atoms with Crippen molar-refractivity contribution in [2.24, 2.45) is 17.8 Å². The van der Waals surface area contributed by atoms with Crippen LogP contribution in [0.1, 0.15) is 38.8 Å². The molecule has 0 radical (unpaired) electrons. The van der Waals surface area contributed by atoms with Gasteiger partial charge in [-0.05, 0) is 18.8 Å². The molecule has 13 nitrogen and oxygen atoms in total. The lowest BCUT2D eigenvalue weighted by Gasteiger charge is -2.21. The van der Waals surface area contributed by atoms with Crippen LogP contribution in [0, 0.1) is 17.8 Å². The van der Waals surface area contributed by atoms with Crippen LogP contribution in [0.25, 0.3) is 11.2 Å². The number of hydrogen-bond acceptors (Lipinski definition) is 9. The van der Waals surface area contributed by atoms with Gasteiger partial charge in [0.25, 0.3) is 0 Å². The minimum absolute atomic E-state index is 0.0776. The third-order valence-corrected chi connectivity index (χ3v) is 6.10. The summed E-state index contributed by atoms with van der Waals surface area (Å²) >= 11 is 0. The topological polar surface area (TPSA) is 189 Å². The Balaban J connectivity index is 1.82. The van der Waals surface area contributed by atoms with Crippen LogP contribution in [0.4, 0.5) is 5.95 Å². The third kappa shape index (κ3) is 4.67. The lowest BCUT2D eigenvalue weighted by Crippen LogP contribution is -2.32. The van der Waals surface area contributed by atoms with Crippen LogP contribution in [0.5, 0.6) is 0 Å². The number of nitrogens with two attached hydrogens (primary N) is 1. The fourth-order valence-corrected chi connectivity index (χ4v) is 4.46. The van der Waals surface area contributed by atoms with Gasteiger partial charge in [-0.25, -0.2) is 14.3 Å². The van der Waals surface area contributed by atoms with E-state index in [-0.39, 0.29) is 18.2 Å². The number of aliphatic carboxylic acids is 2. The summed E-state index contributed by atoms with van der Waals surface area (Å²) in [7, 11) is 0. The van der Waals surface area contributed by atoms with Crippen LogP contribution in [0.2, 0.25) is 0 Å². The number of nitrogens with zero attached hydrogens (tertiary/aromatic N) is 4.